The zero-order valence-electron chi connectivity index (χ0n) is 13.9. The Morgan fingerprint density at radius 2 is 1.83 bits per heavy atom. The molecule has 1 amide bonds. The number of amides is 1. The SMILES string of the molecule is COc1ccc(C2CC2C(=O)Nc2ccccc2C(C)C)cc1. The smallest absolute Gasteiger partial charge is 0.228 e. The summed E-state index contributed by atoms with van der Waals surface area (Å²) in [6.45, 7) is 4.28. The van der Waals surface area contributed by atoms with Crippen molar-refractivity contribution in [3.63, 3.8) is 0 Å². The van der Waals surface area contributed by atoms with Gasteiger partial charge in [-0.25, -0.2) is 0 Å². The molecule has 1 saturated carbocycles. The topological polar surface area (TPSA) is 38.3 Å². The second-order valence-corrected chi connectivity index (χ2v) is 6.45. The molecular formula is C20H23NO2. The molecule has 0 heterocycles. The molecule has 2 atom stereocenters. The Hall–Kier alpha value is -2.29. The summed E-state index contributed by atoms with van der Waals surface area (Å²) in [7, 11) is 1.66. The van der Waals surface area contributed by atoms with Gasteiger partial charge in [0.2, 0.25) is 5.91 Å². The van der Waals surface area contributed by atoms with Crippen molar-refractivity contribution in [3.8, 4) is 5.75 Å². The van der Waals surface area contributed by atoms with Gasteiger partial charge in [-0.15, -0.1) is 0 Å². The number of hydrogen-bond acceptors (Lipinski definition) is 2. The summed E-state index contributed by atoms with van der Waals surface area (Å²) in [6, 6.07) is 16.1. The van der Waals surface area contributed by atoms with Gasteiger partial charge < -0.3 is 10.1 Å². The van der Waals surface area contributed by atoms with E-state index in [0.29, 0.717) is 11.8 Å². The quantitative estimate of drug-likeness (QED) is 0.879. The number of benzene rings is 2. The van der Waals surface area contributed by atoms with Crippen LogP contribution < -0.4 is 10.1 Å². The van der Waals surface area contributed by atoms with Crippen molar-refractivity contribution in [1.29, 1.82) is 0 Å². The third-order valence-corrected chi connectivity index (χ3v) is 4.51. The Morgan fingerprint density at radius 1 is 1.13 bits per heavy atom. The molecular weight excluding hydrogens is 286 g/mol. The van der Waals surface area contributed by atoms with Crippen LogP contribution in [-0.4, -0.2) is 13.0 Å². The maximum Gasteiger partial charge on any atom is 0.228 e. The van der Waals surface area contributed by atoms with Crippen LogP contribution in [0, 0.1) is 5.92 Å². The summed E-state index contributed by atoms with van der Waals surface area (Å²) in [6.07, 6.45) is 0.919. The first kappa shape index (κ1) is 15.6. The Labute approximate surface area is 137 Å². The molecule has 1 fully saturated rings. The van der Waals surface area contributed by atoms with Crippen LogP contribution in [-0.2, 0) is 4.79 Å². The molecule has 3 heteroatoms. The second-order valence-electron chi connectivity index (χ2n) is 6.45. The number of ether oxygens (including phenoxy) is 1. The summed E-state index contributed by atoms with van der Waals surface area (Å²) in [5, 5.41) is 3.11. The summed E-state index contributed by atoms with van der Waals surface area (Å²) in [5.74, 6) is 1.76. The highest BCUT2D eigenvalue weighted by Crippen LogP contribution is 2.48. The standard InChI is InChI=1S/C20H23NO2/c1-13(2)16-6-4-5-7-19(16)21-20(22)18-12-17(18)14-8-10-15(23-3)11-9-14/h4-11,13,17-18H,12H2,1-3H3,(H,21,22). The average molecular weight is 309 g/mol. The molecule has 2 aromatic carbocycles. The maximum absolute atomic E-state index is 12.5. The van der Waals surface area contributed by atoms with Gasteiger partial charge in [-0.2, -0.15) is 0 Å². The van der Waals surface area contributed by atoms with Gasteiger partial charge in [-0.1, -0.05) is 44.2 Å². The van der Waals surface area contributed by atoms with Crippen LogP contribution in [0.4, 0.5) is 5.69 Å². The lowest BCUT2D eigenvalue weighted by Gasteiger charge is -2.13. The first-order chi connectivity index (χ1) is 11.1. The molecule has 0 aromatic heterocycles. The molecule has 2 aromatic rings. The molecule has 0 radical (unpaired) electrons. The lowest BCUT2D eigenvalue weighted by atomic mass is 10.0. The fraction of sp³-hybridized carbons (Fsp3) is 0.350. The van der Waals surface area contributed by atoms with Gasteiger partial charge in [0, 0.05) is 11.6 Å². The average Bonchev–Trinajstić information content (AvgIpc) is 3.36. The highest BCUT2D eigenvalue weighted by atomic mass is 16.5. The molecule has 23 heavy (non-hydrogen) atoms. The van der Waals surface area contributed by atoms with Gasteiger partial charge in [0.1, 0.15) is 5.75 Å². The van der Waals surface area contributed by atoms with Gasteiger partial charge >= 0.3 is 0 Å². The first-order valence-electron chi connectivity index (χ1n) is 8.14. The van der Waals surface area contributed by atoms with Crippen LogP contribution in [0.5, 0.6) is 5.75 Å². The minimum atomic E-state index is 0.0728. The molecule has 120 valence electrons. The Bertz CT molecular complexity index is 691. The van der Waals surface area contributed by atoms with Crippen molar-refractivity contribution >= 4 is 11.6 Å². The minimum absolute atomic E-state index is 0.0728. The molecule has 2 unspecified atom stereocenters. The van der Waals surface area contributed by atoms with Gasteiger partial charge in [0.25, 0.3) is 0 Å². The van der Waals surface area contributed by atoms with Crippen molar-refractivity contribution in [2.24, 2.45) is 5.92 Å². The molecule has 1 aliphatic rings. The molecule has 0 saturated heterocycles. The van der Waals surface area contributed by atoms with E-state index < -0.39 is 0 Å². The Balaban J connectivity index is 1.66. The third kappa shape index (κ3) is 3.39. The maximum atomic E-state index is 12.5. The van der Waals surface area contributed by atoms with Crippen LogP contribution in [0.25, 0.3) is 0 Å². The van der Waals surface area contributed by atoms with E-state index in [4.69, 9.17) is 4.74 Å². The van der Waals surface area contributed by atoms with E-state index in [1.165, 1.54) is 11.1 Å². The fourth-order valence-corrected chi connectivity index (χ4v) is 3.04. The molecule has 3 nitrogen and oxygen atoms in total. The number of nitrogens with one attached hydrogen (secondary N) is 1. The predicted octanol–water partition coefficient (Wildman–Crippen LogP) is 4.56. The van der Waals surface area contributed by atoms with Crippen molar-refractivity contribution in [2.75, 3.05) is 12.4 Å². The number of para-hydroxylation sites is 1. The highest BCUT2D eigenvalue weighted by Gasteiger charge is 2.44. The summed E-state index contributed by atoms with van der Waals surface area (Å²) >= 11 is 0. The van der Waals surface area contributed by atoms with Gasteiger partial charge in [-0.05, 0) is 47.6 Å². The largest absolute Gasteiger partial charge is 0.497 e. The Morgan fingerprint density at radius 3 is 2.48 bits per heavy atom. The monoisotopic (exact) mass is 309 g/mol. The zero-order chi connectivity index (χ0) is 16.4. The molecule has 0 aliphatic heterocycles. The van der Waals surface area contributed by atoms with E-state index in [2.05, 4.69) is 37.4 Å². The van der Waals surface area contributed by atoms with E-state index in [-0.39, 0.29) is 11.8 Å². The predicted molar refractivity (Wildman–Crippen MR) is 93.0 cm³/mol. The molecule has 0 spiro atoms. The van der Waals surface area contributed by atoms with E-state index in [1.54, 1.807) is 7.11 Å². The molecule has 0 bridgehead atoms. The fourth-order valence-electron chi connectivity index (χ4n) is 3.04. The number of carbonyl (C=O) groups is 1. The number of carbonyl (C=O) groups excluding carboxylic acids is 1. The van der Waals surface area contributed by atoms with E-state index >= 15 is 0 Å². The Kier molecular flexibility index (Phi) is 4.37. The highest BCUT2D eigenvalue weighted by molar-refractivity contribution is 5.96. The van der Waals surface area contributed by atoms with Crippen LogP contribution >= 0.6 is 0 Å². The van der Waals surface area contributed by atoms with Gasteiger partial charge in [0.05, 0.1) is 7.11 Å². The van der Waals surface area contributed by atoms with E-state index in [9.17, 15) is 4.79 Å². The van der Waals surface area contributed by atoms with Crippen LogP contribution in [0.3, 0.4) is 0 Å². The second kappa shape index (κ2) is 6.45. The van der Waals surface area contributed by atoms with Crippen molar-refractivity contribution in [1.82, 2.24) is 0 Å². The van der Waals surface area contributed by atoms with Crippen molar-refractivity contribution in [3.05, 3.63) is 59.7 Å². The number of anilines is 1. The normalized spacial score (nSPS) is 19.5. The summed E-state index contributed by atoms with van der Waals surface area (Å²) in [5.41, 5.74) is 3.33. The van der Waals surface area contributed by atoms with Crippen LogP contribution in [0.1, 0.15) is 43.2 Å². The number of rotatable bonds is 5. The first-order valence-corrected chi connectivity index (χ1v) is 8.14. The summed E-state index contributed by atoms with van der Waals surface area (Å²) < 4.78 is 5.18. The van der Waals surface area contributed by atoms with Crippen molar-refractivity contribution < 1.29 is 9.53 Å². The van der Waals surface area contributed by atoms with E-state index in [0.717, 1.165) is 17.9 Å². The van der Waals surface area contributed by atoms with Crippen molar-refractivity contribution in [2.45, 2.75) is 32.1 Å². The number of methoxy groups -OCH3 is 1. The van der Waals surface area contributed by atoms with Crippen LogP contribution in [0.2, 0.25) is 0 Å². The minimum Gasteiger partial charge on any atom is -0.497 e. The van der Waals surface area contributed by atoms with Gasteiger partial charge in [-0.3, -0.25) is 4.79 Å². The third-order valence-electron chi connectivity index (χ3n) is 4.51. The lowest BCUT2D eigenvalue weighted by molar-refractivity contribution is -0.117. The number of hydrogen-bond donors (Lipinski definition) is 1. The lowest BCUT2D eigenvalue weighted by Crippen LogP contribution is -2.16. The molecule has 3 rings (SSSR count). The molecule has 1 aliphatic carbocycles. The van der Waals surface area contributed by atoms with E-state index in [1.807, 2.05) is 30.3 Å². The summed E-state index contributed by atoms with van der Waals surface area (Å²) in [4.78, 5) is 12.5. The molecule has 1 N–H and O–H groups in total. The zero-order valence-corrected chi connectivity index (χ0v) is 13.9. The van der Waals surface area contributed by atoms with Gasteiger partial charge in [0.15, 0.2) is 0 Å². The van der Waals surface area contributed by atoms with Crippen LogP contribution in [0.15, 0.2) is 48.5 Å².